The molecule has 0 aliphatic rings. The van der Waals surface area contributed by atoms with Gasteiger partial charge in [-0.1, -0.05) is 392 Å². The van der Waals surface area contributed by atoms with E-state index in [1.54, 1.807) is 0 Å². The summed E-state index contributed by atoms with van der Waals surface area (Å²) in [7, 11) is 0. The van der Waals surface area contributed by atoms with E-state index in [1.165, 1.54) is 372 Å². The Hall–Kier alpha value is -1.40. The van der Waals surface area contributed by atoms with Crippen LogP contribution >= 0.6 is 0 Å². The molecule has 6 heteroatoms. The normalized spacial score (nSPS) is 12.5. The van der Waals surface area contributed by atoms with Crippen LogP contribution in [0.4, 0.5) is 0 Å². The van der Waals surface area contributed by atoms with Gasteiger partial charge in [0.1, 0.15) is 0 Å². The maximum atomic E-state index is 12.5. The molecule has 2 atom stereocenters. The predicted molar refractivity (Wildman–Crippen MR) is 366 cm³/mol. The number of unbranched alkanes of at least 4 members (excludes halogenated alkanes) is 60. The summed E-state index contributed by atoms with van der Waals surface area (Å²) >= 11 is 0. The van der Waals surface area contributed by atoms with E-state index in [4.69, 9.17) is 4.74 Å². The standard InChI is InChI=1S/C77H151NO5/c1-3-5-7-9-11-13-15-17-19-38-43-47-51-55-59-63-67-71-77(82)83-72-68-64-60-56-52-48-44-40-37-35-33-31-29-27-25-23-21-22-24-26-28-30-32-34-36-39-42-46-50-54-58-62-66-70-76(81)78-74(73-79)75(80)69-65-61-57-53-49-45-41-20-18-16-14-12-10-8-6-4-2/h17,19,74-75,79-80H,3-16,18,20-73H2,1-2H3,(H,78,81)/b19-17-. The lowest BCUT2D eigenvalue weighted by molar-refractivity contribution is -0.143. The van der Waals surface area contributed by atoms with Crippen molar-refractivity contribution < 1.29 is 24.5 Å². The number of carbonyl (C=O) groups excluding carboxylic acids is 2. The van der Waals surface area contributed by atoms with E-state index in [0.29, 0.717) is 25.9 Å². The van der Waals surface area contributed by atoms with Crippen LogP contribution in [0.5, 0.6) is 0 Å². The van der Waals surface area contributed by atoms with Crippen molar-refractivity contribution in [1.82, 2.24) is 5.32 Å². The van der Waals surface area contributed by atoms with Gasteiger partial charge in [-0.2, -0.15) is 0 Å². The first-order valence-electron chi connectivity index (χ1n) is 38.4. The summed E-state index contributed by atoms with van der Waals surface area (Å²) in [5, 5.41) is 23.4. The highest BCUT2D eigenvalue weighted by Gasteiger charge is 2.20. The Balaban J connectivity index is 3.30. The quantitative estimate of drug-likeness (QED) is 0.0320. The SMILES string of the molecule is CCCCCCCC/C=C\CCCCCCCCCC(=O)OCCCCCCCCCCCCCCCCCCCCCCCCCCCCCCCCCCCC(=O)NC(CO)C(O)CCCCCCCCCCCCCCCCCC. The van der Waals surface area contributed by atoms with Gasteiger partial charge in [-0.15, -0.1) is 0 Å². The fraction of sp³-hybridized carbons (Fsp3) is 0.948. The highest BCUT2D eigenvalue weighted by atomic mass is 16.5. The molecule has 0 saturated carbocycles. The molecule has 0 aromatic heterocycles. The Bertz CT molecular complexity index is 1260. The second-order valence-corrected chi connectivity index (χ2v) is 26.7. The number of aliphatic hydroxyl groups is 2. The summed E-state index contributed by atoms with van der Waals surface area (Å²) in [6.45, 7) is 5.00. The Morgan fingerprint density at radius 1 is 0.325 bits per heavy atom. The van der Waals surface area contributed by atoms with Crippen LogP contribution in [0, 0.1) is 0 Å². The molecule has 6 nitrogen and oxygen atoms in total. The molecule has 83 heavy (non-hydrogen) atoms. The van der Waals surface area contributed by atoms with Crippen LogP contribution in [0.1, 0.15) is 444 Å². The van der Waals surface area contributed by atoms with E-state index in [2.05, 4.69) is 31.3 Å². The first-order chi connectivity index (χ1) is 41.0. The maximum absolute atomic E-state index is 12.5. The molecule has 0 aliphatic heterocycles. The highest BCUT2D eigenvalue weighted by molar-refractivity contribution is 5.76. The molecule has 2 unspecified atom stereocenters. The van der Waals surface area contributed by atoms with Crippen molar-refractivity contribution in [2.24, 2.45) is 0 Å². The van der Waals surface area contributed by atoms with Crippen LogP contribution in [0.2, 0.25) is 0 Å². The number of amides is 1. The lowest BCUT2D eigenvalue weighted by atomic mass is 10.0. The third-order valence-electron chi connectivity index (χ3n) is 18.3. The lowest BCUT2D eigenvalue weighted by Gasteiger charge is -2.22. The molecule has 494 valence electrons. The van der Waals surface area contributed by atoms with Crippen LogP contribution in [0.25, 0.3) is 0 Å². The van der Waals surface area contributed by atoms with Gasteiger partial charge < -0.3 is 20.3 Å². The summed E-state index contributed by atoms with van der Waals surface area (Å²) in [4.78, 5) is 24.6. The highest BCUT2D eigenvalue weighted by Crippen LogP contribution is 2.20. The van der Waals surface area contributed by atoms with Crippen molar-refractivity contribution in [2.75, 3.05) is 13.2 Å². The molecule has 0 heterocycles. The van der Waals surface area contributed by atoms with E-state index in [0.717, 1.165) is 38.5 Å². The average molecular weight is 1170 g/mol. The fourth-order valence-electron chi connectivity index (χ4n) is 12.5. The van der Waals surface area contributed by atoms with E-state index >= 15 is 0 Å². The van der Waals surface area contributed by atoms with E-state index < -0.39 is 12.1 Å². The van der Waals surface area contributed by atoms with Crippen LogP contribution < -0.4 is 5.32 Å². The summed E-state index contributed by atoms with van der Waals surface area (Å²) in [5.74, 6) is -0.00651. The first-order valence-corrected chi connectivity index (χ1v) is 38.4. The van der Waals surface area contributed by atoms with Crippen molar-refractivity contribution in [2.45, 2.75) is 456 Å². The minimum Gasteiger partial charge on any atom is -0.466 e. The number of aliphatic hydroxyl groups excluding tert-OH is 2. The van der Waals surface area contributed by atoms with Gasteiger partial charge in [-0.05, 0) is 51.4 Å². The third kappa shape index (κ3) is 69.6. The van der Waals surface area contributed by atoms with Gasteiger partial charge in [0.05, 0.1) is 25.4 Å². The molecule has 0 fully saturated rings. The van der Waals surface area contributed by atoms with Crippen molar-refractivity contribution in [3.05, 3.63) is 12.2 Å². The third-order valence-corrected chi connectivity index (χ3v) is 18.3. The number of esters is 1. The van der Waals surface area contributed by atoms with E-state index in [-0.39, 0.29) is 18.5 Å². The minimum atomic E-state index is -0.660. The van der Waals surface area contributed by atoms with Crippen LogP contribution in [-0.2, 0) is 14.3 Å². The second-order valence-electron chi connectivity index (χ2n) is 26.7. The lowest BCUT2D eigenvalue weighted by Crippen LogP contribution is -2.45. The summed E-state index contributed by atoms with van der Waals surface area (Å²) in [5.41, 5.74) is 0. The van der Waals surface area contributed by atoms with Crippen molar-refractivity contribution in [1.29, 1.82) is 0 Å². The van der Waals surface area contributed by atoms with Crippen molar-refractivity contribution in [3.8, 4) is 0 Å². The molecule has 0 rings (SSSR count). The van der Waals surface area contributed by atoms with Crippen molar-refractivity contribution >= 4 is 11.9 Å². The largest absolute Gasteiger partial charge is 0.466 e. The van der Waals surface area contributed by atoms with Gasteiger partial charge in [0.2, 0.25) is 5.91 Å². The van der Waals surface area contributed by atoms with Gasteiger partial charge in [0.25, 0.3) is 0 Å². The molecule has 0 aliphatic carbocycles. The zero-order chi connectivity index (χ0) is 59.9. The number of carbonyl (C=O) groups is 2. The molecular formula is C77H151NO5. The minimum absolute atomic E-state index is 0.0195. The molecule has 1 amide bonds. The summed E-state index contributed by atoms with van der Waals surface area (Å²) in [6, 6.07) is -0.537. The topological polar surface area (TPSA) is 95.9 Å². The van der Waals surface area contributed by atoms with Crippen LogP contribution in [-0.4, -0.2) is 47.4 Å². The molecule has 0 spiro atoms. The smallest absolute Gasteiger partial charge is 0.305 e. The van der Waals surface area contributed by atoms with Gasteiger partial charge in [0, 0.05) is 12.8 Å². The number of ether oxygens (including phenoxy) is 1. The molecule has 0 bridgehead atoms. The molecule has 0 radical (unpaired) electrons. The number of hydrogen-bond donors (Lipinski definition) is 3. The van der Waals surface area contributed by atoms with Crippen LogP contribution in [0.3, 0.4) is 0 Å². The number of nitrogens with one attached hydrogen (secondary N) is 1. The van der Waals surface area contributed by atoms with E-state index in [1.807, 2.05) is 0 Å². The molecule has 0 aromatic carbocycles. The molecule has 0 aromatic rings. The van der Waals surface area contributed by atoms with Gasteiger partial charge in [0.15, 0.2) is 0 Å². The van der Waals surface area contributed by atoms with Gasteiger partial charge >= 0.3 is 5.97 Å². The van der Waals surface area contributed by atoms with E-state index in [9.17, 15) is 19.8 Å². The Morgan fingerprint density at radius 2 is 0.566 bits per heavy atom. The van der Waals surface area contributed by atoms with Gasteiger partial charge in [-0.25, -0.2) is 0 Å². The molecule has 0 saturated heterocycles. The Labute approximate surface area is 520 Å². The summed E-state index contributed by atoms with van der Waals surface area (Å²) in [6.07, 6.45) is 91.5. The number of rotatable bonds is 73. The average Bonchev–Trinajstić information content (AvgIpc) is 3.49. The monoisotopic (exact) mass is 1170 g/mol. The molecule has 3 N–H and O–H groups in total. The second kappa shape index (κ2) is 73.1. The van der Waals surface area contributed by atoms with Gasteiger partial charge in [-0.3, -0.25) is 9.59 Å². The zero-order valence-electron chi connectivity index (χ0n) is 56.7. The predicted octanol–water partition coefficient (Wildman–Crippen LogP) is 25.1. The zero-order valence-corrected chi connectivity index (χ0v) is 56.7. The molecular weight excluding hydrogens is 1020 g/mol. The maximum Gasteiger partial charge on any atom is 0.305 e. The fourth-order valence-corrected chi connectivity index (χ4v) is 12.5. The Morgan fingerprint density at radius 3 is 0.855 bits per heavy atom. The van der Waals surface area contributed by atoms with Crippen molar-refractivity contribution in [3.63, 3.8) is 0 Å². The number of hydrogen-bond acceptors (Lipinski definition) is 5. The Kier molecular flexibility index (Phi) is 71.8. The number of allylic oxidation sites excluding steroid dienone is 2. The van der Waals surface area contributed by atoms with Crippen LogP contribution in [0.15, 0.2) is 12.2 Å². The summed E-state index contributed by atoms with van der Waals surface area (Å²) < 4.78 is 5.51. The first kappa shape index (κ1) is 81.6.